The van der Waals surface area contributed by atoms with Gasteiger partial charge in [-0.05, 0) is 6.42 Å². The number of ether oxygens (including phenoxy) is 1. The zero-order valence-electron chi connectivity index (χ0n) is 15.4. The number of imidazole rings is 1. The number of nitrogens with zero attached hydrogens (tertiary/aromatic N) is 4. The van der Waals surface area contributed by atoms with Crippen molar-refractivity contribution in [2.24, 2.45) is 0 Å². The highest BCUT2D eigenvalue weighted by Gasteiger charge is 2.24. The van der Waals surface area contributed by atoms with Crippen molar-refractivity contribution >= 4 is 33.6 Å². The van der Waals surface area contributed by atoms with Crippen LogP contribution in [0.5, 0.6) is 5.88 Å². The van der Waals surface area contributed by atoms with E-state index in [2.05, 4.69) is 65.4 Å². The molecule has 0 aliphatic rings. The lowest BCUT2D eigenvalue weighted by Crippen LogP contribution is -2.34. The molecule has 0 aliphatic carbocycles. The molecule has 8 heteroatoms. The average molecular weight is 352 g/mol. The fourth-order valence-electron chi connectivity index (χ4n) is 2.17. The first-order valence-corrected chi connectivity index (χ1v) is 15.2. The molecule has 0 fully saturated rings. The lowest BCUT2D eigenvalue weighted by Gasteiger charge is -2.21. The third-order valence-corrected chi connectivity index (χ3v) is 6.06. The quantitative estimate of drug-likeness (QED) is 0.605. The third-order valence-electron chi connectivity index (χ3n) is 3.31. The van der Waals surface area contributed by atoms with Crippen molar-refractivity contribution in [3.63, 3.8) is 0 Å². The van der Waals surface area contributed by atoms with Gasteiger partial charge >= 0.3 is 0 Å². The highest BCUT2D eigenvalue weighted by atomic mass is 28.3. The third kappa shape index (κ3) is 4.54. The van der Waals surface area contributed by atoms with Gasteiger partial charge in [0.2, 0.25) is 11.8 Å². The van der Waals surface area contributed by atoms with Gasteiger partial charge in [-0.1, -0.05) is 52.6 Å². The second-order valence-electron chi connectivity index (χ2n) is 7.89. The van der Waals surface area contributed by atoms with Gasteiger partial charge < -0.3 is 14.0 Å². The molecule has 0 aliphatic heterocycles. The van der Waals surface area contributed by atoms with Crippen molar-refractivity contribution < 1.29 is 4.74 Å². The van der Waals surface area contributed by atoms with E-state index in [0.717, 1.165) is 24.0 Å². The molecule has 0 spiro atoms. The molecule has 6 nitrogen and oxygen atoms in total. The average Bonchev–Trinajstić information content (AvgIpc) is 2.80. The van der Waals surface area contributed by atoms with Gasteiger partial charge in [0.15, 0.2) is 19.4 Å². The Labute approximate surface area is 140 Å². The van der Waals surface area contributed by atoms with E-state index in [1.807, 2.05) is 6.33 Å². The summed E-state index contributed by atoms with van der Waals surface area (Å²) >= 11 is 0. The molecule has 2 aromatic rings. The summed E-state index contributed by atoms with van der Waals surface area (Å²) < 4.78 is 8.12. The number of nitrogens with one attached hydrogen (secondary N) is 1. The van der Waals surface area contributed by atoms with Crippen LogP contribution in [0.1, 0.15) is 19.8 Å². The topological polar surface area (TPSA) is 64.9 Å². The van der Waals surface area contributed by atoms with Gasteiger partial charge in [-0.25, -0.2) is 4.98 Å². The molecule has 0 unspecified atom stereocenters. The normalized spacial score (nSPS) is 12.7. The van der Waals surface area contributed by atoms with Gasteiger partial charge in [0.25, 0.3) is 0 Å². The molecule has 0 saturated carbocycles. The van der Waals surface area contributed by atoms with Crippen LogP contribution < -0.4 is 9.72 Å². The van der Waals surface area contributed by atoms with Crippen molar-refractivity contribution in [2.45, 2.75) is 59.0 Å². The van der Waals surface area contributed by atoms with Gasteiger partial charge in [-0.2, -0.15) is 9.97 Å². The second kappa shape index (κ2) is 6.60. The Hall–Kier alpha value is -1.42. The van der Waals surface area contributed by atoms with Crippen LogP contribution in [0.2, 0.25) is 39.3 Å². The number of aromatic nitrogens is 4. The second-order valence-corrected chi connectivity index (χ2v) is 17.5. The fourth-order valence-corrected chi connectivity index (χ4v) is 4.15. The van der Waals surface area contributed by atoms with Crippen LogP contribution in [0, 0.1) is 0 Å². The largest absolute Gasteiger partial charge is 0.476 e. The number of rotatable bonds is 7. The Morgan fingerprint density at radius 2 is 1.83 bits per heavy atom. The summed E-state index contributed by atoms with van der Waals surface area (Å²) in [5, 5.41) is 0. The number of hydrogen-bond donors (Lipinski definition) is 1. The fraction of sp³-hybridized carbons (Fsp3) is 0.667. The predicted molar refractivity (Wildman–Crippen MR) is 101 cm³/mol. The van der Waals surface area contributed by atoms with Gasteiger partial charge in [0.1, 0.15) is 8.24 Å². The SMILES string of the molecule is CCCCOc1nc(N[Si](C)(C)C)nc2c1ncn2[Si](C)(C)C. The van der Waals surface area contributed by atoms with Crippen LogP contribution in [0.3, 0.4) is 0 Å². The van der Waals surface area contributed by atoms with Gasteiger partial charge in [0, 0.05) is 0 Å². The maximum atomic E-state index is 5.90. The Morgan fingerprint density at radius 1 is 1.13 bits per heavy atom. The van der Waals surface area contributed by atoms with E-state index in [9.17, 15) is 0 Å². The molecule has 128 valence electrons. The van der Waals surface area contributed by atoms with Crippen LogP contribution in [0.15, 0.2) is 6.33 Å². The summed E-state index contributed by atoms with van der Waals surface area (Å²) in [6.45, 7) is 16.3. The zero-order valence-corrected chi connectivity index (χ0v) is 17.4. The molecule has 2 heterocycles. The molecule has 0 atom stereocenters. The number of fused-ring (bicyclic) bond motifs is 1. The smallest absolute Gasteiger partial charge is 0.247 e. The standard InChI is InChI=1S/C15H29N5OSi2/c1-8-9-10-21-14-12-13(20(11-16-12)23(5,6)7)17-15(18-14)19-22(2,3)4/h11H,8-10H2,1-7H3,(H,17,18,19). The van der Waals surface area contributed by atoms with E-state index in [4.69, 9.17) is 9.72 Å². The summed E-state index contributed by atoms with van der Waals surface area (Å²) in [5.41, 5.74) is 1.65. The van der Waals surface area contributed by atoms with Crippen LogP contribution >= 0.6 is 0 Å². The molecule has 0 bridgehead atoms. The lowest BCUT2D eigenvalue weighted by molar-refractivity contribution is 0.301. The molecule has 0 amide bonds. The minimum absolute atomic E-state index is 0.598. The molecule has 0 aromatic carbocycles. The highest BCUT2D eigenvalue weighted by molar-refractivity contribution is 6.79. The molecule has 2 aromatic heterocycles. The molecule has 2 rings (SSSR count). The molecule has 1 N–H and O–H groups in total. The Kier molecular flexibility index (Phi) is 5.15. The van der Waals surface area contributed by atoms with E-state index < -0.39 is 16.5 Å². The lowest BCUT2D eigenvalue weighted by atomic mass is 10.4. The van der Waals surface area contributed by atoms with E-state index in [-0.39, 0.29) is 0 Å². The summed E-state index contributed by atoms with van der Waals surface area (Å²) in [7, 11) is -3.13. The number of hydrogen-bond acceptors (Lipinski definition) is 5. The van der Waals surface area contributed by atoms with Crippen molar-refractivity contribution in [1.82, 2.24) is 19.2 Å². The molecule has 0 radical (unpaired) electrons. The predicted octanol–water partition coefficient (Wildman–Crippen LogP) is 3.94. The summed E-state index contributed by atoms with van der Waals surface area (Å²) in [6, 6.07) is 0. The monoisotopic (exact) mass is 351 g/mol. The Morgan fingerprint density at radius 3 is 2.39 bits per heavy atom. The van der Waals surface area contributed by atoms with Gasteiger partial charge in [0.05, 0.1) is 12.9 Å². The number of unbranched alkanes of at least 4 members (excludes halogenated alkanes) is 1. The van der Waals surface area contributed by atoms with E-state index in [1.165, 1.54) is 0 Å². The van der Waals surface area contributed by atoms with Crippen molar-refractivity contribution in [3.8, 4) is 5.88 Å². The first kappa shape index (κ1) is 17.9. The maximum absolute atomic E-state index is 5.90. The minimum atomic E-state index is -1.60. The summed E-state index contributed by atoms with van der Waals surface area (Å²) in [5.74, 6) is 1.25. The van der Waals surface area contributed by atoms with Crippen LogP contribution in [0.25, 0.3) is 11.2 Å². The Balaban J connectivity index is 2.51. The molecular formula is C15H29N5OSi2. The van der Waals surface area contributed by atoms with Crippen LogP contribution in [-0.4, -0.2) is 42.3 Å². The van der Waals surface area contributed by atoms with Crippen molar-refractivity contribution in [3.05, 3.63) is 6.33 Å². The first-order valence-electron chi connectivity index (χ1n) is 8.28. The summed E-state index contributed by atoms with van der Waals surface area (Å²) in [6.07, 6.45) is 3.99. The maximum Gasteiger partial charge on any atom is 0.247 e. The van der Waals surface area contributed by atoms with E-state index in [0.29, 0.717) is 18.4 Å². The first-order chi connectivity index (χ1) is 10.6. The van der Waals surface area contributed by atoms with Gasteiger partial charge in [-0.3, -0.25) is 0 Å². The minimum Gasteiger partial charge on any atom is -0.476 e. The summed E-state index contributed by atoms with van der Waals surface area (Å²) in [4.78, 5) is 17.3. The number of anilines is 1. The van der Waals surface area contributed by atoms with Crippen LogP contribution in [-0.2, 0) is 0 Å². The van der Waals surface area contributed by atoms with Crippen molar-refractivity contribution in [2.75, 3.05) is 11.6 Å². The van der Waals surface area contributed by atoms with Gasteiger partial charge in [-0.15, -0.1) is 0 Å². The van der Waals surface area contributed by atoms with E-state index in [1.54, 1.807) is 0 Å². The zero-order chi connectivity index (χ0) is 17.3. The Bertz CT molecular complexity index is 673. The van der Waals surface area contributed by atoms with E-state index >= 15 is 0 Å². The molecular weight excluding hydrogens is 322 g/mol. The van der Waals surface area contributed by atoms with Crippen molar-refractivity contribution in [1.29, 1.82) is 0 Å². The molecule has 23 heavy (non-hydrogen) atoms. The van der Waals surface area contributed by atoms with Crippen LogP contribution in [0.4, 0.5) is 5.95 Å². The molecule has 0 saturated heterocycles. The highest BCUT2D eigenvalue weighted by Crippen LogP contribution is 2.26.